The van der Waals surface area contributed by atoms with E-state index < -0.39 is 0 Å². The SMILES string of the molecule is CC.COc1ccc2c(c1)C(=O)C(=N)C2. The average Bonchev–Trinajstić information content (AvgIpc) is 2.57. The van der Waals surface area contributed by atoms with Crippen molar-refractivity contribution in [1.82, 2.24) is 0 Å². The third-order valence-electron chi connectivity index (χ3n) is 2.20. The summed E-state index contributed by atoms with van der Waals surface area (Å²) in [5, 5.41) is 7.38. The van der Waals surface area contributed by atoms with Gasteiger partial charge in [0.25, 0.3) is 0 Å². The largest absolute Gasteiger partial charge is 0.497 e. The molecule has 0 bridgehead atoms. The Labute approximate surface area is 89.6 Å². The van der Waals surface area contributed by atoms with Crippen molar-refractivity contribution >= 4 is 11.5 Å². The zero-order chi connectivity index (χ0) is 11.4. The van der Waals surface area contributed by atoms with Gasteiger partial charge in [0.2, 0.25) is 5.78 Å². The van der Waals surface area contributed by atoms with Crippen LogP contribution in [0.3, 0.4) is 0 Å². The zero-order valence-corrected chi connectivity index (χ0v) is 9.26. The van der Waals surface area contributed by atoms with Gasteiger partial charge in [-0.1, -0.05) is 19.9 Å². The molecule has 3 heteroatoms. The van der Waals surface area contributed by atoms with Crippen molar-refractivity contribution in [2.45, 2.75) is 20.3 Å². The van der Waals surface area contributed by atoms with Crippen LogP contribution in [-0.4, -0.2) is 18.6 Å². The van der Waals surface area contributed by atoms with Crippen molar-refractivity contribution in [1.29, 1.82) is 5.41 Å². The van der Waals surface area contributed by atoms with E-state index in [0.717, 1.165) is 5.56 Å². The van der Waals surface area contributed by atoms with Crippen molar-refractivity contribution in [3.63, 3.8) is 0 Å². The van der Waals surface area contributed by atoms with Gasteiger partial charge < -0.3 is 10.1 Å². The van der Waals surface area contributed by atoms with Gasteiger partial charge in [-0.25, -0.2) is 0 Å². The van der Waals surface area contributed by atoms with Crippen LogP contribution in [0.2, 0.25) is 0 Å². The molecule has 15 heavy (non-hydrogen) atoms. The molecule has 0 aromatic heterocycles. The van der Waals surface area contributed by atoms with Crippen molar-refractivity contribution in [3.8, 4) is 5.75 Å². The maximum Gasteiger partial charge on any atom is 0.207 e. The van der Waals surface area contributed by atoms with Gasteiger partial charge in [0.15, 0.2) is 0 Å². The minimum atomic E-state index is -0.172. The number of hydrogen-bond donors (Lipinski definition) is 1. The molecule has 1 aromatic rings. The lowest BCUT2D eigenvalue weighted by molar-refractivity contribution is 0.106. The van der Waals surface area contributed by atoms with Crippen LogP contribution < -0.4 is 4.74 Å². The fourth-order valence-corrected chi connectivity index (χ4v) is 1.48. The highest BCUT2D eigenvalue weighted by Crippen LogP contribution is 2.24. The van der Waals surface area contributed by atoms with Crippen molar-refractivity contribution in [3.05, 3.63) is 29.3 Å². The summed E-state index contributed by atoms with van der Waals surface area (Å²) >= 11 is 0. The van der Waals surface area contributed by atoms with Gasteiger partial charge in [0.05, 0.1) is 12.8 Å². The van der Waals surface area contributed by atoms with Crippen molar-refractivity contribution < 1.29 is 9.53 Å². The summed E-state index contributed by atoms with van der Waals surface area (Å²) in [5.41, 5.74) is 1.71. The monoisotopic (exact) mass is 205 g/mol. The van der Waals surface area contributed by atoms with Crippen LogP contribution in [0.15, 0.2) is 18.2 Å². The summed E-state index contributed by atoms with van der Waals surface area (Å²) in [4.78, 5) is 11.4. The highest BCUT2D eigenvalue weighted by atomic mass is 16.5. The lowest BCUT2D eigenvalue weighted by Crippen LogP contribution is -2.04. The molecule has 0 atom stereocenters. The van der Waals surface area contributed by atoms with Crippen LogP contribution in [0, 0.1) is 5.41 Å². The van der Waals surface area contributed by atoms with Gasteiger partial charge in [0, 0.05) is 12.0 Å². The molecule has 1 aromatic carbocycles. The number of fused-ring (bicyclic) bond motifs is 1. The van der Waals surface area contributed by atoms with Gasteiger partial charge in [-0.2, -0.15) is 0 Å². The van der Waals surface area contributed by atoms with Crippen LogP contribution in [-0.2, 0) is 6.42 Å². The number of rotatable bonds is 1. The van der Waals surface area contributed by atoms with Crippen LogP contribution >= 0.6 is 0 Å². The third-order valence-corrected chi connectivity index (χ3v) is 2.20. The average molecular weight is 205 g/mol. The fraction of sp³-hybridized carbons (Fsp3) is 0.333. The molecule has 0 aliphatic heterocycles. The molecule has 1 N–H and O–H groups in total. The fourth-order valence-electron chi connectivity index (χ4n) is 1.48. The van der Waals surface area contributed by atoms with E-state index in [1.165, 1.54) is 0 Å². The summed E-state index contributed by atoms with van der Waals surface area (Å²) < 4.78 is 5.00. The molecule has 0 saturated carbocycles. The topological polar surface area (TPSA) is 50.2 Å². The first-order valence-corrected chi connectivity index (χ1v) is 5.01. The molecule has 0 fully saturated rings. The van der Waals surface area contributed by atoms with E-state index in [-0.39, 0.29) is 11.5 Å². The molecule has 0 spiro atoms. The zero-order valence-electron chi connectivity index (χ0n) is 9.26. The Morgan fingerprint density at radius 1 is 1.33 bits per heavy atom. The standard InChI is InChI=1S/C10H9NO2.C2H6/c1-13-7-3-2-6-4-9(11)10(12)8(6)5-7;1-2/h2-3,5,11H,4H2,1H3;1-2H3. The van der Waals surface area contributed by atoms with E-state index in [1.807, 2.05) is 26.0 Å². The molecule has 1 aliphatic rings. The summed E-state index contributed by atoms with van der Waals surface area (Å²) in [6.45, 7) is 4.00. The van der Waals surface area contributed by atoms with Gasteiger partial charge in [-0.15, -0.1) is 0 Å². The lowest BCUT2D eigenvalue weighted by atomic mass is 10.1. The molecule has 3 nitrogen and oxygen atoms in total. The van der Waals surface area contributed by atoms with E-state index in [2.05, 4.69) is 0 Å². The normalized spacial score (nSPS) is 13.0. The number of carbonyl (C=O) groups is 1. The second-order valence-corrected chi connectivity index (χ2v) is 3.01. The predicted molar refractivity (Wildman–Crippen MR) is 60.1 cm³/mol. The van der Waals surface area contributed by atoms with E-state index in [9.17, 15) is 4.79 Å². The van der Waals surface area contributed by atoms with E-state index in [4.69, 9.17) is 10.1 Å². The first-order valence-electron chi connectivity index (χ1n) is 5.01. The Morgan fingerprint density at radius 2 is 2.00 bits per heavy atom. The Bertz CT molecular complexity index is 397. The number of carbonyl (C=O) groups excluding carboxylic acids is 1. The minimum Gasteiger partial charge on any atom is -0.497 e. The predicted octanol–water partition coefficient (Wildman–Crippen LogP) is 2.48. The van der Waals surface area contributed by atoms with Crippen LogP contribution in [0.1, 0.15) is 29.8 Å². The molecule has 0 heterocycles. The first-order chi connectivity index (χ1) is 7.22. The molecule has 80 valence electrons. The molecule has 0 unspecified atom stereocenters. The van der Waals surface area contributed by atoms with E-state index >= 15 is 0 Å². The number of ether oxygens (including phenoxy) is 1. The molecular weight excluding hydrogens is 190 g/mol. The highest BCUT2D eigenvalue weighted by Gasteiger charge is 2.24. The van der Waals surface area contributed by atoms with Gasteiger partial charge >= 0.3 is 0 Å². The molecule has 2 rings (SSSR count). The second-order valence-electron chi connectivity index (χ2n) is 3.01. The quantitative estimate of drug-likeness (QED) is 0.765. The Hall–Kier alpha value is -1.64. The number of benzene rings is 1. The number of hydrogen-bond acceptors (Lipinski definition) is 3. The minimum absolute atomic E-state index is 0.170. The van der Waals surface area contributed by atoms with Crippen molar-refractivity contribution in [2.75, 3.05) is 7.11 Å². The summed E-state index contributed by atoms with van der Waals surface area (Å²) in [5.74, 6) is 0.496. The van der Waals surface area contributed by atoms with Crippen molar-refractivity contribution in [2.24, 2.45) is 0 Å². The Morgan fingerprint density at radius 3 is 2.60 bits per heavy atom. The summed E-state index contributed by atoms with van der Waals surface area (Å²) in [7, 11) is 1.56. The van der Waals surface area contributed by atoms with Crippen LogP contribution in [0.25, 0.3) is 0 Å². The van der Waals surface area contributed by atoms with Gasteiger partial charge in [-0.05, 0) is 17.7 Å². The third kappa shape index (κ3) is 2.06. The van der Waals surface area contributed by atoms with Crippen LogP contribution in [0.4, 0.5) is 0 Å². The van der Waals surface area contributed by atoms with Gasteiger partial charge in [-0.3, -0.25) is 4.79 Å². The summed E-state index contributed by atoms with van der Waals surface area (Å²) in [6, 6.07) is 5.34. The molecule has 0 radical (unpaired) electrons. The maximum atomic E-state index is 11.4. The Balaban J connectivity index is 0.000000531. The molecule has 0 amide bonds. The van der Waals surface area contributed by atoms with E-state index in [0.29, 0.717) is 17.7 Å². The molecular formula is C12H15NO2. The maximum absolute atomic E-state index is 11.4. The summed E-state index contributed by atoms with van der Waals surface area (Å²) in [6.07, 6.45) is 0.457. The van der Waals surface area contributed by atoms with Crippen LogP contribution in [0.5, 0.6) is 5.75 Å². The molecule has 1 aliphatic carbocycles. The number of Topliss-reactive ketones (excluding diaryl/α,β-unsaturated/α-hetero) is 1. The number of nitrogens with one attached hydrogen (secondary N) is 1. The van der Waals surface area contributed by atoms with Gasteiger partial charge in [0.1, 0.15) is 5.75 Å². The number of ketones is 1. The first kappa shape index (κ1) is 11.4. The highest BCUT2D eigenvalue weighted by molar-refractivity contribution is 6.48. The molecule has 0 saturated heterocycles. The van der Waals surface area contributed by atoms with E-state index in [1.54, 1.807) is 13.2 Å². The Kier molecular flexibility index (Phi) is 3.61. The second kappa shape index (κ2) is 4.73. The number of methoxy groups -OCH3 is 1. The smallest absolute Gasteiger partial charge is 0.207 e. The lowest BCUT2D eigenvalue weighted by Gasteiger charge is -2.00.